The Hall–Kier alpha value is -2.47. The fourth-order valence-corrected chi connectivity index (χ4v) is 4.64. The smallest absolute Gasteiger partial charge is 0.243 e. The van der Waals surface area contributed by atoms with Crippen molar-refractivity contribution >= 4 is 23.2 Å². The van der Waals surface area contributed by atoms with E-state index in [-0.39, 0.29) is 30.2 Å². The van der Waals surface area contributed by atoms with E-state index < -0.39 is 0 Å². The third-order valence-corrected chi connectivity index (χ3v) is 6.24. The van der Waals surface area contributed by atoms with Crippen LogP contribution in [0.2, 0.25) is 0 Å². The Balaban J connectivity index is 1.84. The molecule has 6 heteroatoms. The van der Waals surface area contributed by atoms with E-state index in [1.54, 1.807) is 34.4 Å². The second-order valence-electron chi connectivity index (χ2n) is 7.26. The molecule has 1 aliphatic rings. The van der Waals surface area contributed by atoms with Crippen LogP contribution in [0.1, 0.15) is 48.2 Å². The number of fused-ring (bicyclic) bond motifs is 1. The molecule has 0 bridgehead atoms. The Morgan fingerprint density at radius 1 is 1.31 bits per heavy atom. The number of nitrogens with zero attached hydrogens (tertiary/aromatic N) is 2. The molecule has 0 radical (unpaired) electrons. The van der Waals surface area contributed by atoms with Gasteiger partial charge in [0.05, 0.1) is 6.04 Å². The second kappa shape index (κ2) is 9.83. The SMILES string of the molecule is C=CCN(CC(=O)N1CCc2sccc2C1c1ccc(F)cc1)C(=O)CCCC. The number of halogens is 1. The zero-order valence-corrected chi connectivity index (χ0v) is 17.6. The monoisotopic (exact) mass is 414 g/mol. The third kappa shape index (κ3) is 4.93. The van der Waals surface area contributed by atoms with Gasteiger partial charge in [-0.3, -0.25) is 9.59 Å². The highest BCUT2D eigenvalue weighted by Crippen LogP contribution is 2.37. The fraction of sp³-hybridized carbons (Fsp3) is 0.391. The van der Waals surface area contributed by atoms with Gasteiger partial charge in [0, 0.05) is 24.4 Å². The first-order chi connectivity index (χ1) is 14.0. The molecule has 0 fully saturated rings. The van der Waals surface area contributed by atoms with E-state index in [2.05, 4.69) is 6.58 Å². The molecule has 0 aliphatic carbocycles. The number of thiophene rings is 1. The van der Waals surface area contributed by atoms with Gasteiger partial charge < -0.3 is 9.80 Å². The van der Waals surface area contributed by atoms with Crippen molar-refractivity contribution in [3.05, 3.63) is 70.2 Å². The van der Waals surface area contributed by atoms with Crippen molar-refractivity contribution in [3.63, 3.8) is 0 Å². The minimum atomic E-state index is -0.299. The molecular weight excluding hydrogens is 387 g/mol. The molecule has 0 saturated heterocycles. The number of unbranched alkanes of at least 4 members (excludes halogenated alkanes) is 1. The Morgan fingerprint density at radius 3 is 2.76 bits per heavy atom. The maximum absolute atomic E-state index is 13.5. The van der Waals surface area contributed by atoms with Gasteiger partial charge in [-0.2, -0.15) is 0 Å². The summed E-state index contributed by atoms with van der Waals surface area (Å²) in [6, 6.07) is 8.12. The Morgan fingerprint density at radius 2 is 2.07 bits per heavy atom. The molecule has 2 heterocycles. The highest BCUT2D eigenvalue weighted by atomic mass is 32.1. The molecule has 1 atom stereocenters. The van der Waals surface area contributed by atoms with E-state index in [0.717, 1.165) is 30.4 Å². The van der Waals surface area contributed by atoms with Gasteiger partial charge in [0.2, 0.25) is 11.8 Å². The van der Waals surface area contributed by atoms with Crippen molar-refractivity contribution in [1.29, 1.82) is 0 Å². The second-order valence-corrected chi connectivity index (χ2v) is 8.26. The minimum Gasteiger partial charge on any atom is -0.330 e. The van der Waals surface area contributed by atoms with Crippen molar-refractivity contribution in [2.75, 3.05) is 19.6 Å². The summed E-state index contributed by atoms with van der Waals surface area (Å²) >= 11 is 1.69. The molecular formula is C23H27FN2O2S. The van der Waals surface area contributed by atoms with E-state index in [1.165, 1.54) is 17.0 Å². The van der Waals surface area contributed by atoms with Crippen LogP contribution in [0.5, 0.6) is 0 Å². The quantitative estimate of drug-likeness (QED) is 0.594. The van der Waals surface area contributed by atoms with Crippen molar-refractivity contribution in [1.82, 2.24) is 9.80 Å². The van der Waals surface area contributed by atoms with E-state index >= 15 is 0 Å². The van der Waals surface area contributed by atoms with E-state index in [1.807, 2.05) is 23.3 Å². The number of rotatable bonds is 8. The molecule has 3 rings (SSSR count). The van der Waals surface area contributed by atoms with Crippen molar-refractivity contribution < 1.29 is 14.0 Å². The topological polar surface area (TPSA) is 40.6 Å². The summed E-state index contributed by atoms with van der Waals surface area (Å²) in [5.41, 5.74) is 1.97. The lowest BCUT2D eigenvalue weighted by Gasteiger charge is -2.37. The average molecular weight is 415 g/mol. The summed E-state index contributed by atoms with van der Waals surface area (Å²) in [4.78, 5) is 30.5. The molecule has 2 aromatic rings. The van der Waals surface area contributed by atoms with Gasteiger partial charge in [0.25, 0.3) is 0 Å². The number of amides is 2. The predicted molar refractivity (Wildman–Crippen MR) is 114 cm³/mol. The van der Waals surface area contributed by atoms with Gasteiger partial charge in [0.1, 0.15) is 12.4 Å². The molecule has 29 heavy (non-hydrogen) atoms. The lowest BCUT2D eigenvalue weighted by atomic mass is 9.93. The number of carbonyl (C=O) groups is 2. The average Bonchev–Trinajstić information content (AvgIpc) is 3.20. The van der Waals surface area contributed by atoms with Crippen LogP contribution >= 0.6 is 11.3 Å². The molecule has 154 valence electrons. The maximum Gasteiger partial charge on any atom is 0.243 e. The van der Waals surface area contributed by atoms with Gasteiger partial charge in [-0.1, -0.05) is 31.6 Å². The zero-order chi connectivity index (χ0) is 20.8. The third-order valence-electron chi connectivity index (χ3n) is 5.24. The standard InChI is InChI=1S/C23H27FN2O2S/c1-3-5-6-21(27)25(13-4-2)16-22(28)26-14-11-20-19(12-15-29-20)23(26)17-7-9-18(24)10-8-17/h4,7-10,12,15,23H,2-3,5-6,11,13-14,16H2,1H3. The van der Waals surface area contributed by atoms with Crippen molar-refractivity contribution in [2.24, 2.45) is 0 Å². The lowest BCUT2D eigenvalue weighted by molar-refractivity contribution is -0.141. The number of carbonyl (C=O) groups excluding carboxylic acids is 2. The fourth-order valence-electron chi connectivity index (χ4n) is 3.74. The number of benzene rings is 1. The highest BCUT2D eigenvalue weighted by Gasteiger charge is 2.33. The first-order valence-electron chi connectivity index (χ1n) is 10.0. The summed E-state index contributed by atoms with van der Waals surface area (Å²) in [5.74, 6) is -0.416. The van der Waals surface area contributed by atoms with Gasteiger partial charge >= 0.3 is 0 Å². The predicted octanol–water partition coefficient (Wildman–Crippen LogP) is 4.57. The molecule has 1 aromatic heterocycles. The minimum absolute atomic E-state index is 0.0216. The molecule has 1 aromatic carbocycles. The summed E-state index contributed by atoms with van der Waals surface area (Å²) in [5, 5.41) is 2.04. The van der Waals surface area contributed by atoms with Crippen LogP contribution < -0.4 is 0 Å². The first kappa shape index (κ1) is 21.2. The molecule has 1 aliphatic heterocycles. The summed E-state index contributed by atoms with van der Waals surface area (Å²) in [6.45, 7) is 6.73. The van der Waals surface area contributed by atoms with E-state index in [9.17, 15) is 14.0 Å². The summed E-state index contributed by atoms with van der Waals surface area (Å²) in [7, 11) is 0. The van der Waals surface area contributed by atoms with E-state index in [0.29, 0.717) is 19.5 Å². The molecule has 4 nitrogen and oxygen atoms in total. The van der Waals surface area contributed by atoms with E-state index in [4.69, 9.17) is 0 Å². The van der Waals surface area contributed by atoms with Crippen LogP contribution in [-0.4, -0.2) is 41.2 Å². The number of hydrogen-bond donors (Lipinski definition) is 0. The van der Waals surface area contributed by atoms with Crippen LogP contribution in [0.3, 0.4) is 0 Å². The summed E-state index contributed by atoms with van der Waals surface area (Å²) in [6.07, 6.45) is 4.62. The molecule has 2 amide bonds. The molecule has 1 unspecified atom stereocenters. The highest BCUT2D eigenvalue weighted by molar-refractivity contribution is 7.10. The van der Waals surface area contributed by atoms with Crippen LogP contribution in [0.25, 0.3) is 0 Å². The van der Waals surface area contributed by atoms with Crippen molar-refractivity contribution in [2.45, 2.75) is 38.6 Å². The van der Waals surface area contributed by atoms with Crippen LogP contribution in [-0.2, 0) is 16.0 Å². The number of hydrogen-bond acceptors (Lipinski definition) is 3. The molecule has 0 spiro atoms. The summed E-state index contributed by atoms with van der Waals surface area (Å²) < 4.78 is 13.5. The maximum atomic E-state index is 13.5. The van der Waals surface area contributed by atoms with Gasteiger partial charge in [-0.15, -0.1) is 17.9 Å². The lowest BCUT2D eigenvalue weighted by Crippen LogP contribution is -2.46. The van der Waals surface area contributed by atoms with Crippen LogP contribution in [0.15, 0.2) is 48.4 Å². The Labute approximate surface area is 175 Å². The van der Waals surface area contributed by atoms with Crippen molar-refractivity contribution in [3.8, 4) is 0 Å². The van der Waals surface area contributed by atoms with Crippen LogP contribution in [0.4, 0.5) is 4.39 Å². The van der Waals surface area contributed by atoms with Gasteiger partial charge in [-0.25, -0.2) is 4.39 Å². The van der Waals surface area contributed by atoms with Crippen LogP contribution in [0, 0.1) is 5.82 Å². The Bertz CT molecular complexity index is 862. The molecule has 0 saturated carbocycles. The van der Waals surface area contributed by atoms with Gasteiger partial charge in [-0.05, 0) is 47.5 Å². The largest absolute Gasteiger partial charge is 0.330 e. The normalized spacial score (nSPS) is 15.7. The van der Waals surface area contributed by atoms with Gasteiger partial charge in [0.15, 0.2) is 0 Å². The molecule has 0 N–H and O–H groups in total. The first-order valence-corrected chi connectivity index (χ1v) is 10.9. The zero-order valence-electron chi connectivity index (χ0n) is 16.8. The Kier molecular flexibility index (Phi) is 7.20.